The number of fused-ring (bicyclic) bond motifs is 1. The van der Waals surface area contributed by atoms with Crippen LogP contribution in [-0.2, 0) is 16.0 Å². The van der Waals surface area contributed by atoms with Crippen LogP contribution in [0.4, 0.5) is 0 Å². The summed E-state index contributed by atoms with van der Waals surface area (Å²) in [6.07, 6.45) is 1.64. The number of hydrogen-bond donors (Lipinski definition) is 1. The molecule has 31 heavy (non-hydrogen) atoms. The number of ether oxygens (including phenoxy) is 1. The summed E-state index contributed by atoms with van der Waals surface area (Å²) in [5.74, 6) is 0.281. The first-order chi connectivity index (χ1) is 15.2. The van der Waals surface area contributed by atoms with Gasteiger partial charge >= 0.3 is 5.97 Å². The van der Waals surface area contributed by atoms with Crippen molar-refractivity contribution in [2.24, 2.45) is 5.10 Å². The third kappa shape index (κ3) is 4.53. The number of carbonyl (C=O) groups excluding carboxylic acids is 2. The Morgan fingerprint density at radius 2 is 1.74 bits per heavy atom. The molecule has 3 aromatic carbocycles. The maximum absolute atomic E-state index is 12.3. The fourth-order valence-corrected chi connectivity index (χ4v) is 3.38. The Balaban J connectivity index is 1.43. The molecule has 0 spiro atoms. The standard InChI is InChI=1S/C25H20N2O4/c1-30-25(29)22-12-5-4-11-21(22)23-14-13-19(31-23)16-26-27-24(28)15-18-9-6-8-17-7-2-3-10-20(17)18/h2-14,16H,15H2,1H3,(H,27,28)/b26-16-. The Bertz CT molecular complexity index is 1270. The number of nitrogens with zero attached hydrogens (tertiary/aromatic N) is 1. The first-order valence-corrected chi connectivity index (χ1v) is 9.72. The van der Waals surface area contributed by atoms with Crippen molar-refractivity contribution in [3.63, 3.8) is 0 Å². The van der Waals surface area contributed by atoms with Crippen LogP contribution < -0.4 is 5.43 Å². The van der Waals surface area contributed by atoms with Crippen LogP contribution in [0.1, 0.15) is 21.7 Å². The second kappa shape index (κ2) is 9.09. The van der Waals surface area contributed by atoms with Crippen LogP contribution in [0.15, 0.2) is 88.4 Å². The summed E-state index contributed by atoms with van der Waals surface area (Å²) in [5, 5.41) is 6.12. The maximum Gasteiger partial charge on any atom is 0.338 e. The van der Waals surface area contributed by atoms with Crippen molar-refractivity contribution < 1.29 is 18.7 Å². The molecule has 0 unspecified atom stereocenters. The van der Waals surface area contributed by atoms with Crippen molar-refractivity contribution in [2.75, 3.05) is 7.11 Å². The van der Waals surface area contributed by atoms with Crippen LogP contribution in [0.5, 0.6) is 0 Å². The zero-order valence-corrected chi connectivity index (χ0v) is 16.9. The smallest absolute Gasteiger partial charge is 0.338 e. The van der Waals surface area contributed by atoms with Gasteiger partial charge in [0.1, 0.15) is 11.5 Å². The minimum absolute atomic E-state index is 0.217. The van der Waals surface area contributed by atoms with Gasteiger partial charge in [-0.3, -0.25) is 4.79 Å². The number of furan rings is 1. The number of esters is 1. The Labute approximate surface area is 179 Å². The van der Waals surface area contributed by atoms with E-state index in [4.69, 9.17) is 9.15 Å². The van der Waals surface area contributed by atoms with Crippen molar-refractivity contribution >= 4 is 28.9 Å². The van der Waals surface area contributed by atoms with Crippen LogP contribution >= 0.6 is 0 Å². The molecule has 4 aromatic rings. The average molecular weight is 412 g/mol. The van der Waals surface area contributed by atoms with Crippen molar-refractivity contribution in [3.8, 4) is 11.3 Å². The Kier molecular flexibility index (Phi) is 5.89. The molecule has 1 aromatic heterocycles. The maximum atomic E-state index is 12.3. The predicted octanol–water partition coefficient (Wildman–Crippen LogP) is 4.58. The normalized spacial score (nSPS) is 11.0. The third-order valence-electron chi connectivity index (χ3n) is 4.84. The van der Waals surface area contributed by atoms with Crippen LogP contribution in [0, 0.1) is 0 Å². The molecule has 1 N–H and O–H groups in total. The van der Waals surface area contributed by atoms with Gasteiger partial charge in [0, 0.05) is 5.56 Å². The van der Waals surface area contributed by atoms with E-state index in [1.807, 2.05) is 48.5 Å². The number of benzene rings is 3. The Morgan fingerprint density at radius 1 is 0.968 bits per heavy atom. The number of amides is 1. The van der Waals surface area contributed by atoms with E-state index in [2.05, 4.69) is 10.5 Å². The van der Waals surface area contributed by atoms with Crippen LogP contribution in [0.3, 0.4) is 0 Å². The lowest BCUT2D eigenvalue weighted by atomic mass is 10.0. The largest absolute Gasteiger partial charge is 0.465 e. The van der Waals surface area contributed by atoms with Gasteiger partial charge in [0.15, 0.2) is 0 Å². The quantitative estimate of drug-likeness (QED) is 0.286. The van der Waals surface area contributed by atoms with Crippen molar-refractivity contribution in [1.29, 1.82) is 0 Å². The summed E-state index contributed by atoms with van der Waals surface area (Å²) < 4.78 is 10.6. The van der Waals surface area contributed by atoms with E-state index in [-0.39, 0.29) is 12.3 Å². The molecule has 0 radical (unpaired) electrons. The van der Waals surface area contributed by atoms with Gasteiger partial charge in [0.25, 0.3) is 0 Å². The summed E-state index contributed by atoms with van der Waals surface area (Å²) in [6, 6.07) is 24.3. The number of hydrazone groups is 1. The molecule has 154 valence electrons. The summed E-state index contributed by atoms with van der Waals surface area (Å²) in [4.78, 5) is 24.3. The minimum Gasteiger partial charge on any atom is -0.465 e. The van der Waals surface area contributed by atoms with E-state index in [0.717, 1.165) is 16.3 Å². The zero-order valence-electron chi connectivity index (χ0n) is 16.9. The summed E-state index contributed by atoms with van der Waals surface area (Å²) in [6.45, 7) is 0. The van der Waals surface area contributed by atoms with E-state index in [9.17, 15) is 9.59 Å². The van der Waals surface area contributed by atoms with Crippen molar-refractivity contribution in [2.45, 2.75) is 6.42 Å². The SMILES string of the molecule is COC(=O)c1ccccc1-c1ccc(/C=N\NC(=O)Cc2cccc3ccccc23)o1. The van der Waals surface area contributed by atoms with Crippen molar-refractivity contribution in [3.05, 3.63) is 95.7 Å². The van der Waals surface area contributed by atoms with Gasteiger partial charge in [0.2, 0.25) is 5.91 Å². The first-order valence-electron chi connectivity index (χ1n) is 9.72. The summed E-state index contributed by atoms with van der Waals surface area (Å²) in [7, 11) is 1.33. The molecular formula is C25H20N2O4. The molecule has 6 nitrogen and oxygen atoms in total. The highest BCUT2D eigenvalue weighted by Gasteiger charge is 2.15. The van der Waals surface area contributed by atoms with Crippen LogP contribution in [0.25, 0.3) is 22.1 Å². The monoisotopic (exact) mass is 412 g/mol. The molecule has 1 heterocycles. The second-order valence-electron chi connectivity index (χ2n) is 6.85. The molecule has 0 aliphatic carbocycles. The highest BCUT2D eigenvalue weighted by molar-refractivity contribution is 5.96. The lowest BCUT2D eigenvalue weighted by Crippen LogP contribution is -2.19. The van der Waals surface area contributed by atoms with Crippen LogP contribution in [-0.4, -0.2) is 25.2 Å². The van der Waals surface area contributed by atoms with E-state index < -0.39 is 5.97 Å². The average Bonchev–Trinajstić information content (AvgIpc) is 3.27. The van der Waals surface area contributed by atoms with Gasteiger partial charge in [-0.1, -0.05) is 60.7 Å². The van der Waals surface area contributed by atoms with E-state index in [1.165, 1.54) is 13.3 Å². The van der Waals surface area contributed by atoms with Gasteiger partial charge in [-0.25, -0.2) is 10.2 Å². The summed E-state index contributed by atoms with van der Waals surface area (Å²) >= 11 is 0. The van der Waals surface area contributed by atoms with Gasteiger partial charge in [-0.2, -0.15) is 5.10 Å². The van der Waals surface area contributed by atoms with E-state index in [0.29, 0.717) is 22.6 Å². The number of carbonyl (C=O) groups is 2. The highest BCUT2D eigenvalue weighted by Crippen LogP contribution is 2.26. The molecule has 0 bridgehead atoms. The fourth-order valence-electron chi connectivity index (χ4n) is 3.38. The second-order valence-corrected chi connectivity index (χ2v) is 6.85. The van der Waals surface area contributed by atoms with Crippen LogP contribution in [0.2, 0.25) is 0 Å². The molecule has 0 fully saturated rings. The molecule has 4 rings (SSSR count). The zero-order chi connectivity index (χ0) is 21.6. The fraction of sp³-hybridized carbons (Fsp3) is 0.0800. The lowest BCUT2D eigenvalue weighted by molar-refractivity contribution is -0.120. The molecule has 0 aliphatic rings. The molecule has 0 atom stereocenters. The lowest BCUT2D eigenvalue weighted by Gasteiger charge is -2.05. The van der Waals surface area contributed by atoms with Gasteiger partial charge < -0.3 is 9.15 Å². The van der Waals surface area contributed by atoms with Crippen molar-refractivity contribution in [1.82, 2.24) is 5.43 Å². The first kappa shape index (κ1) is 20.1. The highest BCUT2D eigenvalue weighted by atomic mass is 16.5. The van der Waals surface area contributed by atoms with Gasteiger partial charge in [-0.15, -0.1) is 0 Å². The topological polar surface area (TPSA) is 80.9 Å². The predicted molar refractivity (Wildman–Crippen MR) is 119 cm³/mol. The Morgan fingerprint density at radius 3 is 2.61 bits per heavy atom. The molecule has 0 saturated carbocycles. The molecule has 0 saturated heterocycles. The minimum atomic E-state index is -0.442. The molecule has 0 aliphatic heterocycles. The van der Waals surface area contributed by atoms with E-state index in [1.54, 1.807) is 30.3 Å². The van der Waals surface area contributed by atoms with E-state index >= 15 is 0 Å². The summed E-state index contributed by atoms with van der Waals surface area (Å²) in [5.41, 5.74) is 4.49. The third-order valence-corrected chi connectivity index (χ3v) is 4.84. The molecule has 1 amide bonds. The molecule has 6 heteroatoms. The number of methoxy groups -OCH3 is 1. The van der Waals surface area contributed by atoms with Gasteiger partial charge in [0.05, 0.1) is 25.3 Å². The number of rotatable bonds is 6. The Hall–Kier alpha value is -4.19. The number of hydrogen-bond acceptors (Lipinski definition) is 5. The van der Waals surface area contributed by atoms with Gasteiger partial charge in [-0.05, 0) is 34.5 Å². The molecular weight excluding hydrogens is 392 g/mol. The number of nitrogens with one attached hydrogen (secondary N) is 1.